The number of ether oxygens (including phenoxy) is 5. The van der Waals surface area contributed by atoms with Gasteiger partial charge in [0.05, 0.1) is 32.5 Å². The summed E-state index contributed by atoms with van der Waals surface area (Å²) in [5.41, 5.74) is 0. The summed E-state index contributed by atoms with van der Waals surface area (Å²) in [6, 6.07) is 0. The van der Waals surface area contributed by atoms with E-state index in [0.717, 1.165) is 44.9 Å². The lowest BCUT2D eigenvalue weighted by atomic mass is 9.91. The molecule has 0 radical (unpaired) electrons. The Balaban J connectivity index is 0.000000389. The normalized spacial score (nSPS) is 39.9. The van der Waals surface area contributed by atoms with Crippen LogP contribution in [-0.2, 0) is 23.7 Å². The first-order valence-corrected chi connectivity index (χ1v) is 18.4. The van der Waals surface area contributed by atoms with Gasteiger partial charge in [-0.15, -0.1) is 0 Å². The maximum atomic E-state index is 10.1. The summed E-state index contributed by atoms with van der Waals surface area (Å²) in [6.45, 7) is 6.13. The Bertz CT molecular complexity index is 901. The van der Waals surface area contributed by atoms with Crippen LogP contribution in [0.2, 0.25) is 0 Å². The van der Waals surface area contributed by atoms with E-state index in [1.54, 1.807) is 0 Å². The molecule has 0 spiro atoms. The maximum Gasteiger partial charge on any atom is 0.186 e. The largest absolute Gasteiger partial charge is 0.394 e. The van der Waals surface area contributed by atoms with Crippen LogP contribution >= 0.6 is 0 Å². The standard InChI is InChI=1S/C20H38O11.C14H28O6/c1-2-10(8-29-9-13-16(24)18(26)19(27)20(28)31-13)5-3-4-6-11-14(22)17(25)15(23)12(7-21)30-11;1-3-5-6-9(4-2)8-19-14-13(18)12(17)11(16)10(7-15)20-14/h10-28H,2-9H2,1H3;9-18H,3-8H2,1-2H3/t10?,11-,12-,13-,14+,15-,16-,17-,18+,19-,20+;9?,10-,11-,12+,13-,14+/m11/s1. The van der Waals surface area contributed by atoms with E-state index in [1.807, 2.05) is 6.92 Å². The highest BCUT2D eigenvalue weighted by molar-refractivity contribution is 4.92. The van der Waals surface area contributed by atoms with E-state index in [9.17, 15) is 56.2 Å². The summed E-state index contributed by atoms with van der Waals surface area (Å²) >= 11 is 0. The average molecular weight is 747 g/mol. The minimum atomic E-state index is -1.59. The number of hydrogen-bond acceptors (Lipinski definition) is 17. The van der Waals surface area contributed by atoms with E-state index < -0.39 is 105 Å². The van der Waals surface area contributed by atoms with Crippen molar-refractivity contribution in [1.29, 1.82) is 0 Å². The second-order valence-electron chi connectivity index (χ2n) is 13.9. The van der Waals surface area contributed by atoms with Crippen molar-refractivity contribution in [3.8, 4) is 0 Å². The smallest absolute Gasteiger partial charge is 0.186 e. The van der Waals surface area contributed by atoms with Crippen LogP contribution in [0.3, 0.4) is 0 Å². The van der Waals surface area contributed by atoms with Gasteiger partial charge in [0.1, 0.15) is 73.2 Å². The Morgan fingerprint density at radius 2 is 1.02 bits per heavy atom. The third-order valence-electron chi connectivity index (χ3n) is 10.1. The highest BCUT2D eigenvalue weighted by Gasteiger charge is 2.45. The fourth-order valence-corrected chi connectivity index (χ4v) is 6.35. The molecule has 304 valence electrons. The second kappa shape index (κ2) is 24.0. The third-order valence-corrected chi connectivity index (χ3v) is 10.1. The second-order valence-corrected chi connectivity index (χ2v) is 13.9. The van der Waals surface area contributed by atoms with Gasteiger partial charge in [-0.25, -0.2) is 0 Å². The average Bonchev–Trinajstić information content (AvgIpc) is 3.13. The van der Waals surface area contributed by atoms with Crippen molar-refractivity contribution in [3.05, 3.63) is 0 Å². The molecule has 3 fully saturated rings. The fourth-order valence-electron chi connectivity index (χ4n) is 6.35. The molecule has 0 aromatic heterocycles. The molecule has 0 saturated carbocycles. The molecule has 3 saturated heterocycles. The molecule has 3 rings (SSSR count). The Labute approximate surface area is 300 Å². The molecule has 0 aliphatic carbocycles. The van der Waals surface area contributed by atoms with Gasteiger partial charge in [-0.3, -0.25) is 0 Å². The van der Waals surface area contributed by atoms with Crippen LogP contribution < -0.4 is 0 Å². The first-order chi connectivity index (χ1) is 24.2. The highest BCUT2D eigenvalue weighted by atomic mass is 16.7. The lowest BCUT2D eigenvalue weighted by molar-refractivity contribution is -0.303. The SMILES string of the molecule is CCC(CCCC[C@H]1O[C@H](CO)[C@@H](O)[C@H](O)[C@H]1O)COC[C@H]1O[C@H](O)[C@H](O)[C@@H](O)[C@@H]1O.CCCCC(CC)CO[C@H]1O[C@H](CO)[C@@H](O)[C@H](O)[C@H]1O. The van der Waals surface area contributed by atoms with Crippen molar-refractivity contribution in [2.75, 3.05) is 33.0 Å². The van der Waals surface area contributed by atoms with Gasteiger partial charge >= 0.3 is 0 Å². The van der Waals surface area contributed by atoms with Gasteiger partial charge in [-0.05, 0) is 31.1 Å². The lowest BCUT2D eigenvalue weighted by Crippen LogP contribution is -2.59. The summed E-state index contributed by atoms with van der Waals surface area (Å²) in [7, 11) is 0. The van der Waals surface area contributed by atoms with Gasteiger partial charge in [0.15, 0.2) is 12.6 Å². The predicted octanol–water partition coefficient (Wildman–Crippen LogP) is -2.75. The molecule has 17 atom stereocenters. The number of aliphatic hydroxyl groups excluding tert-OH is 12. The summed E-state index contributed by atoms with van der Waals surface area (Å²) in [5, 5.41) is 116. The minimum absolute atomic E-state index is 0.0383. The van der Waals surface area contributed by atoms with Crippen molar-refractivity contribution in [2.45, 2.75) is 170 Å². The molecule has 2 unspecified atom stereocenters. The molecule has 51 heavy (non-hydrogen) atoms. The number of rotatable bonds is 19. The molecule has 3 aliphatic rings. The molecule has 17 nitrogen and oxygen atoms in total. The number of unbranched alkanes of at least 4 members (excludes halogenated alkanes) is 2. The summed E-state index contributed by atoms with van der Waals surface area (Å²) in [4.78, 5) is 0. The molecule has 3 aliphatic heterocycles. The first-order valence-electron chi connectivity index (χ1n) is 18.4. The number of aliphatic hydroxyl groups is 12. The van der Waals surface area contributed by atoms with Crippen molar-refractivity contribution in [2.24, 2.45) is 11.8 Å². The zero-order valence-electron chi connectivity index (χ0n) is 30.1. The molecular formula is C34H66O17. The van der Waals surface area contributed by atoms with Crippen molar-refractivity contribution >= 4 is 0 Å². The monoisotopic (exact) mass is 746 g/mol. The topological polar surface area (TPSA) is 289 Å². The molecule has 3 heterocycles. The maximum absolute atomic E-state index is 10.1. The third kappa shape index (κ3) is 13.8. The van der Waals surface area contributed by atoms with Gasteiger partial charge in [-0.2, -0.15) is 0 Å². The van der Waals surface area contributed by atoms with E-state index in [4.69, 9.17) is 28.8 Å². The van der Waals surface area contributed by atoms with Crippen LogP contribution in [-0.4, -0.2) is 186 Å². The minimum Gasteiger partial charge on any atom is -0.394 e. The zero-order chi connectivity index (χ0) is 38.2. The van der Waals surface area contributed by atoms with E-state index in [1.165, 1.54) is 0 Å². The fraction of sp³-hybridized carbons (Fsp3) is 1.00. The van der Waals surface area contributed by atoms with Gasteiger partial charge in [-0.1, -0.05) is 59.3 Å². The molecule has 17 heteroatoms. The van der Waals surface area contributed by atoms with Gasteiger partial charge in [0, 0.05) is 6.61 Å². The van der Waals surface area contributed by atoms with Crippen LogP contribution in [0.5, 0.6) is 0 Å². The quantitative estimate of drug-likeness (QED) is 0.0597. The first kappa shape index (κ1) is 46.5. The van der Waals surface area contributed by atoms with Crippen LogP contribution in [0, 0.1) is 11.8 Å². The van der Waals surface area contributed by atoms with E-state index in [2.05, 4.69) is 13.8 Å². The molecule has 0 amide bonds. The Hall–Kier alpha value is -0.680. The molecular weight excluding hydrogens is 680 g/mol. The Kier molecular flexibility index (Phi) is 21.8. The number of hydrogen-bond donors (Lipinski definition) is 12. The Morgan fingerprint density at radius 3 is 1.61 bits per heavy atom. The lowest BCUT2D eigenvalue weighted by Gasteiger charge is -2.40. The van der Waals surface area contributed by atoms with Gasteiger partial charge < -0.3 is 85.0 Å². The van der Waals surface area contributed by atoms with Crippen LogP contribution in [0.1, 0.15) is 78.6 Å². The van der Waals surface area contributed by atoms with Crippen molar-refractivity contribution in [3.63, 3.8) is 0 Å². The summed E-state index contributed by atoms with van der Waals surface area (Å²) in [6.07, 6.45) is -10.5. The Morgan fingerprint density at radius 1 is 0.510 bits per heavy atom. The predicted molar refractivity (Wildman–Crippen MR) is 179 cm³/mol. The summed E-state index contributed by atoms with van der Waals surface area (Å²) in [5.74, 6) is 0.596. The molecule has 0 aromatic carbocycles. The van der Waals surface area contributed by atoms with Gasteiger partial charge in [0.25, 0.3) is 0 Å². The summed E-state index contributed by atoms with van der Waals surface area (Å²) < 4.78 is 27.0. The van der Waals surface area contributed by atoms with Crippen LogP contribution in [0.15, 0.2) is 0 Å². The molecule has 12 N–H and O–H groups in total. The van der Waals surface area contributed by atoms with Crippen molar-refractivity contribution < 1.29 is 85.0 Å². The molecule has 0 bridgehead atoms. The van der Waals surface area contributed by atoms with E-state index >= 15 is 0 Å². The highest BCUT2D eigenvalue weighted by Crippen LogP contribution is 2.27. The zero-order valence-corrected chi connectivity index (χ0v) is 30.1. The van der Waals surface area contributed by atoms with Crippen LogP contribution in [0.4, 0.5) is 0 Å². The van der Waals surface area contributed by atoms with Crippen molar-refractivity contribution in [1.82, 2.24) is 0 Å². The molecule has 0 aromatic rings. The van der Waals surface area contributed by atoms with E-state index in [0.29, 0.717) is 32.0 Å². The van der Waals surface area contributed by atoms with E-state index in [-0.39, 0.29) is 12.5 Å². The van der Waals surface area contributed by atoms with Gasteiger partial charge in [0.2, 0.25) is 0 Å². The van der Waals surface area contributed by atoms with Crippen LogP contribution in [0.25, 0.3) is 0 Å².